The highest BCUT2D eigenvalue weighted by Crippen LogP contribution is 2.23. The van der Waals surface area contributed by atoms with Gasteiger partial charge in [-0.2, -0.15) is 11.8 Å². The maximum absolute atomic E-state index is 3.49. The zero-order valence-corrected chi connectivity index (χ0v) is 10.1. The monoisotopic (exact) mass is 189 g/mol. The van der Waals surface area contributed by atoms with Gasteiger partial charge >= 0.3 is 0 Å². The highest BCUT2D eigenvalue weighted by Gasteiger charge is 2.12. The zero-order valence-electron chi connectivity index (χ0n) is 9.27. The number of nitrogens with one attached hydrogen (secondary N) is 1. The van der Waals surface area contributed by atoms with Crippen LogP contribution in [-0.4, -0.2) is 22.6 Å². The summed E-state index contributed by atoms with van der Waals surface area (Å²) in [5.41, 5.74) is 0. The van der Waals surface area contributed by atoms with Crippen molar-refractivity contribution < 1.29 is 0 Å². The lowest BCUT2D eigenvalue weighted by Gasteiger charge is -2.22. The fourth-order valence-corrected chi connectivity index (χ4v) is 1.84. The maximum Gasteiger partial charge on any atom is 0.0132 e. The first kappa shape index (κ1) is 12.3. The van der Waals surface area contributed by atoms with Gasteiger partial charge in [0.2, 0.25) is 0 Å². The minimum absolute atomic E-state index is 0.396. The summed E-state index contributed by atoms with van der Waals surface area (Å²) in [7, 11) is 0. The molecule has 74 valence electrons. The molecule has 1 atom stereocenters. The molecule has 0 fully saturated rings. The van der Waals surface area contributed by atoms with Crippen LogP contribution in [-0.2, 0) is 0 Å². The summed E-state index contributed by atoms with van der Waals surface area (Å²) in [5.74, 6) is 1.20. The van der Waals surface area contributed by atoms with E-state index in [0.29, 0.717) is 16.8 Å². The van der Waals surface area contributed by atoms with E-state index >= 15 is 0 Å². The van der Waals surface area contributed by atoms with Crippen molar-refractivity contribution in [3.05, 3.63) is 0 Å². The second-order valence-corrected chi connectivity index (χ2v) is 6.49. The Hall–Kier alpha value is 0.310. The Morgan fingerprint density at radius 2 is 1.67 bits per heavy atom. The van der Waals surface area contributed by atoms with E-state index in [1.165, 1.54) is 5.75 Å². The molecular weight excluding hydrogens is 166 g/mol. The van der Waals surface area contributed by atoms with E-state index in [-0.39, 0.29) is 0 Å². The number of thioether (sulfide) groups is 1. The van der Waals surface area contributed by atoms with Crippen LogP contribution in [0, 0.1) is 0 Å². The SMILES string of the molecule is CC(C)NC(C)CSC(C)(C)C. The van der Waals surface area contributed by atoms with Gasteiger partial charge in [0, 0.05) is 22.6 Å². The van der Waals surface area contributed by atoms with Crippen LogP contribution >= 0.6 is 11.8 Å². The summed E-state index contributed by atoms with van der Waals surface area (Å²) >= 11 is 2.02. The summed E-state index contributed by atoms with van der Waals surface area (Å²) in [4.78, 5) is 0. The Morgan fingerprint density at radius 1 is 1.17 bits per heavy atom. The molecule has 0 amide bonds. The van der Waals surface area contributed by atoms with Gasteiger partial charge in [0.15, 0.2) is 0 Å². The van der Waals surface area contributed by atoms with E-state index < -0.39 is 0 Å². The summed E-state index contributed by atoms with van der Waals surface area (Å²) in [6.07, 6.45) is 0. The van der Waals surface area contributed by atoms with Gasteiger partial charge in [-0.1, -0.05) is 34.6 Å². The largest absolute Gasteiger partial charge is 0.311 e. The molecule has 0 aliphatic carbocycles. The zero-order chi connectivity index (χ0) is 9.78. The van der Waals surface area contributed by atoms with Crippen LogP contribution in [0.15, 0.2) is 0 Å². The third kappa shape index (κ3) is 8.41. The van der Waals surface area contributed by atoms with Crippen molar-refractivity contribution in [2.45, 2.75) is 58.4 Å². The van der Waals surface area contributed by atoms with Gasteiger partial charge in [-0.05, 0) is 6.92 Å². The van der Waals surface area contributed by atoms with E-state index in [1.807, 2.05) is 11.8 Å². The first-order chi connectivity index (χ1) is 5.31. The molecule has 0 bridgehead atoms. The summed E-state index contributed by atoms with van der Waals surface area (Å²) < 4.78 is 0.396. The van der Waals surface area contributed by atoms with E-state index in [9.17, 15) is 0 Å². The van der Waals surface area contributed by atoms with Crippen LogP contribution < -0.4 is 5.32 Å². The molecule has 1 nitrogen and oxygen atoms in total. The molecular formula is C10H23NS. The highest BCUT2D eigenvalue weighted by molar-refractivity contribution is 8.00. The molecule has 0 rings (SSSR count). The fraction of sp³-hybridized carbons (Fsp3) is 1.00. The van der Waals surface area contributed by atoms with Gasteiger partial charge in [0.25, 0.3) is 0 Å². The maximum atomic E-state index is 3.49. The molecule has 0 aliphatic heterocycles. The summed E-state index contributed by atoms with van der Waals surface area (Å²) in [5, 5.41) is 3.49. The quantitative estimate of drug-likeness (QED) is 0.730. The number of hydrogen-bond donors (Lipinski definition) is 1. The second-order valence-electron chi connectivity index (χ2n) is 4.65. The minimum Gasteiger partial charge on any atom is -0.311 e. The molecule has 0 aromatic carbocycles. The molecule has 0 aromatic rings. The van der Waals surface area contributed by atoms with Crippen molar-refractivity contribution in [3.8, 4) is 0 Å². The van der Waals surface area contributed by atoms with Gasteiger partial charge in [0.1, 0.15) is 0 Å². The molecule has 1 N–H and O–H groups in total. The Kier molecular flexibility index (Phi) is 5.26. The van der Waals surface area contributed by atoms with Gasteiger partial charge in [-0.15, -0.1) is 0 Å². The number of hydrogen-bond acceptors (Lipinski definition) is 2. The van der Waals surface area contributed by atoms with Crippen LogP contribution in [0.4, 0.5) is 0 Å². The van der Waals surface area contributed by atoms with Crippen molar-refractivity contribution in [2.24, 2.45) is 0 Å². The van der Waals surface area contributed by atoms with Crippen LogP contribution in [0.1, 0.15) is 41.5 Å². The van der Waals surface area contributed by atoms with E-state index in [4.69, 9.17) is 0 Å². The van der Waals surface area contributed by atoms with Crippen molar-refractivity contribution in [1.82, 2.24) is 5.32 Å². The Bertz CT molecular complexity index is 115. The predicted octanol–water partition coefficient (Wildman–Crippen LogP) is 2.90. The van der Waals surface area contributed by atoms with Crippen LogP contribution in [0.2, 0.25) is 0 Å². The molecule has 0 spiro atoms. The van der Waals surface area contributed by atoms with Gasteiger partial charge in [-0.25, -0.2) is 0 Å². The lowest BCUT2D eigenvalue weighted by atomic mass is 10.3. The molecule has 0 radical (unpaired) electrons. The van der Waals surface area contributed by atoms with Crippen LogP contribution in [0.3, 0.4) is 0 Å². The molecule has 1 unspecified atom stereocenters. The fourth-order valence-electron chi connectivity index (χ4n) is 0.992. The first-order valence-corrected chi connectivity index (χ1v) is 5.70. The highest BCUT2D eigenvalue weighted by atomic mass is 32.2. The molecule has 0 aromatic heterocycles. The normalized spacial score (nSPS) is 15.2. The smallest absolute Gasteiger partial charge is 0.0132 e. The van der Waals surface area contributed by atoms with Crippen LogP contribution in [0.25, 0.3) is 0 Å². The van der Waals surface area contributed by atoms with Crippen molar-refractivity contribution >= 4 is 11.8 Å². The lowest BCUT2D eigenvalue weighted by molar-refractivity contribution is 0.522. The Balaban J connectivity index is 3.51. The van der Waals surface area contributed by atoms with Gasteiger partial charge < -0.3 is 5.32 Å². The first-order valence-electron chi connectivity index (χ1n) is 4.71. The molecule has 0 heterocycles. The third-order valence-corrected chi connectivity index (χ3v) is 2.92. The third-order valence-electron chi connectivity index (χ3n) is 1.38. The second kappa shape index (κ2) is 5.13. The lowest BCUT2D eigenvalue weighted by Crippen LogP contribution is -2.35. The molecule has 12 heavy (non-hydrogen) atoms. The van der Waals surface area contributed by atoms with Gasteiger partial charge in [-0.3, -0.25) is 0 Å². The van der Waals surface area contributed by atoms with E-state index in [2.05, 4.69) is 46.9 Å². The van der Waals surface area contributed by atoms with Crippen molar-refractivity contribution in [2.75, 3.05) is 5.75 Å². The molecule has 0 saturated carbocycles. The topological polar surface area (TPSA) is 12.0 Å². The summed E-state index contributed by atoms with van der Waals surface area (Å²) in [6, 6.07) is 1.22. The summed E-state index contributed by atoms with van der Waals surface area (Å²) in [6.45, 7) is 13.4. The molecule has 0 aliphatic rings. The van der Waals surface area contributed by atoms with Crippen molar-refractivity contribution in [3.63, 3.8) is 0 Å². The molecule has 0 saturated heterocycles. The van der Waals surface area contributed by atoms with Crippen LogP contribution in [0.5, 0.6) is 0 Å². The predicted molar refractivity (Wildman–Crippen MR) is 59.9 cm³/mol. The standard InChI is InChI=1S/C10H23NS/c1-8(2)11-9(3)7-12-10(4,5)6/h8-9,11H,7H2,1-6H3. The minimum atomic E-state index is 0.396. The van der Waals surface area contributed by atoms with E-state index in [1.54, 1.807) is 0 Å². The Labute approximate surface area is 81.7 Å². The van der Waals surface area contributed by atoms with Gasteiger partial charge in [0.05, 0.1) is 0 Å². The van der Waals surface area contributed by atoms with E-state index in [0.717, 1.165) is 0 Å². The number of rotatable bonds is 4. The molecule has 2 heteroatoms. The average molecular weight is 189 g/mol. The Morgan fingerprint density at radius 3 is 2.00 bits per heavy atom. The average Bonchev–Trinajstić information content (AvgIpc) is 1.80. The van der Waals surface area contributed by atoms with Crippen molar-refractivity contribution in [1.29, 1.82) is 0 Å².